The molecule has 1 aromatic rings. The summed E-state index contributed by atoms with van der Waals surface area (Å²) in [6.45, 7) is 9.27. The molecule has 0 aromatic heterocycles. The van der Waals surface area contributed by atoms with E-state index in [2.05, 4.69) is 62.3 Å². The van der Waals surface area contributed by atoms with E-state index in [1.54, 1.807) is 0 Å². The topological polar surface area (TPSA) is 15.3 Å². The van der Waals surface area contributed by atoms with Gasteiger partial charge in [-0.25, -0.2) is 0 Å². The number of nitrogens with one attached hydrogen (secondary N) is 1. The third-order valence-electron chi connectivity index (χ3n) is 4.34. The zero-order valence-electron chi connectivity index (χ0n) is 12.8. The van der Waals surface area contributed by atoms with Gasteiger partial charge in [0.15, 0.2) is 0 Å². The molecule has 0 spiro atoms. The van der Waals surface area contributed by atoms with Crippen molar-refractivity contribution in [3.8, 4) is 0 Å². The van der Waals surface area contributed by atoms with Crippen LogP contribution in [0.15, 0.2) is 24.3 Å². The molecular weight excluding hydrogens is 232 g/mol. The highest BCUT2D eigenvalue weighted by Crippen LogP contribution is 2.23. The van der Waals surface area contributed by atoms with E-state index in [1.807, 2.05) is 0 Å². The van der Waals surface area contributed by atoms with Crippen LogP contribution in [0.5, 0.6) is 0 Å². The van der Waals surface area contributed by atoms with Gasteiger partial charge >= 0.3 is 0 Å². The minimum absolute atomic E-state index is 0.549. The highest BCUT2D eigenvalue weighted by molar-refractivity contribution is 5.46. The predicted octanol–water partition coefficient (Wildman–Crippen LogP) is 3.95. The van der Waals surface area contributed by atoms with Crippen LogP contribution in [0.3, 0.4) is 0 Å². The second-order valence-corrected chi connectivity index (χ2v) is 6.37. The Morgan fingerprint density at radius 3 is 2.42 bits per heavy atom. The van der Waals surface area contributed by atoms with Crippen LogP contribution in [0, 0.1) is 5.92 Å². The molecule has 0 aliphatic carbocycles. The van der Waals surface area contributed by atoms with Crippen LogP contribution in [-0.4, -0.2) is 31.1 Å². The van der Waals surface area contributed by atoms with Crippen molar-refractivity contribution in [2.75, 3.05) is 25.5 Å². The van der Waals surface area contributed by atoms with E-state index in [-0.39, 0.29) is 0 Å². The summed E-state index contributed by atoms with van der Waals surface area (Å²) in [6, 6.07) is 9.48. The predicted molar refractivity (Wildman–Crippen MR) is 83.8 cm³/mol. The van der Waals surface area contributed by atoms with Crippen LogP contribution in [0.2, 0.25) is 0 Å². The second-order valence-electron chi connectivity index (χ2n) is 6.37. The maximum Gasteiger partial charge on any atom is 0.0342 e. The van der Waals surface area contributed by atoms with Crippen molar-refractivity contribution in [3.05, 3.63) is 29.8 Å². The fraction of sp³-hybridized carbons (Fsp3) is 0.647. The molecule has 2 rings (SSSR count). The molecule has 1 aromatic carbocycles. The van der Waals surface area contributed by atoms with Gasteiger partial charge in [-0.3, -0.25) is 0 Å². The normalized spacial score (nSPS) is 22.5. The summed E-state index contributed by atoms with van der Waals surface area (Å²) in [4.78, 5) is 2.45. The standard InChI is InChI=1S/C17H28N2/c1-13(2)15-7-9-17(10-8-15)18-14(3)16-6-5-11-19(4)12-16/h7-10,13-14,16,18H,5-6,11-12H2,1-4H3. The number of likely N-dealkylation sites (tertiary alicyclic amines) is 1. The van der Waals surface area contributed by atoms with Gasteiger partial charge in [0.05, 0.1) is 0 Å². The molecule has 1 aliphatic heterocycles. The van der Waals surface area contributed by atoms with Crippen molar-refractivity contribution in [1.82, 2.24) is 4.90 Å². The Labute approximate surface area is 118 Å². The van der Waals surface area contributed by atoms with Crippen LogP contribution >= 0.6 is 0 Å². The quantitative estimate of drug-likeness (QED) is 0.881. The van der Waals surface area contributed by atoms with Gasteiger partial charge in [-0.05, 0) is 62.9 Å². The van der Waals surface area contributed by atoms with Gasteiger partial charge in [0.2, 0.25) is 0 Å². The molecule has 2 nitrogen and oxygen atoms in total. The zero-order chi connectivity index (χ0) is 13.8. The zero-order valence-corrected chi connectivity index (χ0v) is 12.8. The lowest BCUT2D eigenvalue weighted by molar-refractivity contribution is 0.197. The van der Waals surface area contributed by atoms with Gasteiger partial charge in [0.25, 0.3) is 0 Å². The van der Waals surface area contributed by atoms with E-state index < -0.39 is 0 Å². The molecule has 1 heterocycles. The number of hydrogen-bond donors (Lipinski definition) is 1. The first kappa shape index (κ1) is 14.4. The first-order valence-electron chi connectivity index (χ1n) is 7.61. The van der Waals surface area contributed by atoms with Gasteiger partial charge in [-0.2, -0.15) is 0 Å². The van der Waals surface area contributed by atoms with Crippen molar-refractivity contribution >= 4 is 5.69 Å². The Balaban J connectivity index is 1.92. The second kappa shape index (κ2) is 6.42. The molecule has 1 N–H and O–H groups in total. The van der Waals surface area contributed by atoms with Crippen molar-refractivity contribution in [1.29, 1.82) is 0 Å². The number of benzene rings is 1. The molecule has 2 heteroatoms. The molecule has 0 radical (unpaired) electrons. The van der Waals surface area contributed by atoms with E-state index in [9.17, 15) is 0 Å². The Morgan fingerprint density at radius 2 is 1.84 bits per heavy atom. The molecule has 19 heavy (non-hydrogen) atoms. The number of nitrogens with zero attached hydrogens (tertiary/aromatic N) is 1. The van der Waals surface area contributed by atoms with Crippen LogP contribution in [-0.2, 0) is 0 Å². The van der Waals surface area contributed by atoms with Crippen molar-refractivity contribution in [2.45, 2.75) is 45.6 Å². The van der Waals surface area contributed by atoms with Gasteiger partial charge in [-0.1, -0.05) is 26.0 Å². The van der Waals surface area contributed by atoms with E-state index in [1.165, 1.54) is 37.2 Å². The van der Waals surface area contributed by atoms with Crippen LogP contribution < -0.4 is 5.32 Å². The SMILES string of the molecule is CC(C)c1ccc(NC(C)C2CCCN(C)C2)cc1. The molecule has 106 valence electrons. The maximum absolute atomic E-state index is 3.67. The smallest absolute Gasteiger partial charge is 0.0342 e. The fourth-order valence-electron chi connectivity index (χ4n) is 2.96. The van der Waals surface area contributed by atoms with Crippen molar-refractivity contribution in [2.24, 2.45) is 5.92 Å². The molecule has 1 fully saturated rings. The van der Waals surface area contributed by atoms with Gasteiger partial charge in [0, 0.05) is 18.3 Å². The summed E-state index contributed by atoms with van der Waals surface area (Å²) in [5.74, 6) is 1.38. The number of piperidine rings is 1. The third-order valence-corrected chi connectivity index (χ3v) is 4.34. The third kappa shape index (κ3) is 3.97. The summed E-state index contributed by atoms with van der Waals surface area (Å²) >= 11 is 0. The minimum Gasteiger partial charge on any atom is -0.382 e. The monoisotopic (exact) mass is 260 g/mol. The lowest BCUT2D eigenvalue weighted by Crippen LogP contribution is -2.39. The van der Waals surface area contributed by atoms with E-state index in [0.717, 1.165) is 5.92 Å². The molecule has 0 saturated carbocycles. The summed E-state index contributed by atoms with van der Waals surface area (Å²) in [7, 11) is 2.23. The van der Waals surface area contributed by atoms with Gasteiger partial charge in [0.1, 0.15) is 0 Å². The Kier molecular flexibility index (Phi) is 4.87. The van der Waals surface area contributed by atoms with Gasteiger partial charge < -0.3 is 10.2 Å². The largest absolute Gasteiger partial charge is 0.382 e. The van der Waals surface area contributed by atoms with E-state index in [0.29, 0.717) is 12.0 Å². The van der Waals surface area contributed by atoms with Crippen molar-refractivity contribution in [3.63, 3.8) is 0 Å². The van der Waals surface area contributed by atoms with Crippen LogP contribution in [0.1, 0.15) is 45.1 Å². The average Bonchev–Trinajstić information content (AvgIpc) is 2.39. The summed E-state index contributed by atoms with van der Waals surface area (Å²) in [5.41, 5.74) is 2.67. The molecule has 0 amide bonds. The van der Waals surface area contributed by atoms with Gasteiger partial charge in [-0.15, -0.1) is 0 Å². The highest BCUT2D eigenvalue weighted by atomic mass is 15.1. The van der Waals surface area contributed by atoms with E-state index in [4.69, 9.17) is 0 Å². The molecule has 2 unspecified atom stereocenters. The lowest BCUT2D eigenvalue weighted by atomic mass is 9.91. The Hall–Kier alpha value is -1.02. The van der Waals surface area contributed by atoms with Crippen molar-refractivity contribution < 1.29 is 0 Å². The molecule has 0 bridgehead atoms. The fourth-order valence-corrected chi connectivity index (χ4v) is 2.96. The highest BCUT2D eigenvalue weighted by Gasteiger charge is 2.22. The molecule has 1 saturated heterocycles. The maximum atomic E-state index is 3.67. The summed E-state index contributed by atoms with van der Waals surface area (Å²) in [5, 5.41) is 3.67. The number of anilines is 1. The molecule has 2 atom stereocenters. The number of rotatable bonds is 4. The Bertz CT molecular complexity index is 383. The molecule has 1 aliphatic rings. The first-order chi connectivity index (χ1) is 9.06. The summed E-state index contributed by atoms with van der Waals surface area (Å²) in [6.07, 6.45) is 2.68. The molecular formula is C17H28N2. The summed E-state index contributed by atoms with van der Waals surface area (Å²) < 4.78 is 0. The minimum atomic E-state index is 0.549. The average molecular weight is 260 g/mol. The Morgan fingerprint density at radius 1 is 1.16 bits per heavy atom. The first-order valence-corrected chi connectivity index (χ1v) is 7.61. The van der Waals surface area contributed by atoms with Crippen LogP contribution in [0.25, 0.3) is 0 Å². The number of hydrogen-bond acceptors (Lipinski definition) is 2. The lowest BCUT2D eigenvalue weighted by Gasteiger charge is -2.34. The van der Waals surface area contributed by atoms with E-state index >= 15 is 0 Å². The van der Waals surface area contributed by atoms with Crippen LogP contribution in [0.4, 0.5) is 5.69 Å².